The lowest BCUT2D eigenvalue weighted by Gasteiger charge is -2.04. The van der Waals surface area contributed by atoms with Crippen LogP contribution >= 0.6 is 0 Å². The summed E-state index contributed by atoms with van der Waals surface area (Å²) >= 11 is 0. The van der Waals surface area contributed by atoms with Gasteiger partial charge in [-0.2, -0.15) is 0 Å². The first kappa shape index (κ1) is 9.46. The van der Waals surface area contributed by atoms with E-state index in [2.05, 4.69) is 0 Å². The van der Waals surface area contributed by atoms with Gasteiger partial charge < -0.3 is 9.52 Å². The molecular weight excluding hydrogens is 204 g/mol. The summed E-state index contributed by atoms with van der Waals surface area (Å²) < 4.78 is 5.19. The maximum absolute atomic E-state index is 11.7. The Morgan fingerprint density at radius 2 is 2.06 bits per heavy atom. The quantitative estimate of drug-likeness (QED) is 0.784. The summed E-state index contributed by atoms with van der Waals surface area (Å²) in [6.45, 7) is 0. The number of para-hydroxylation sites is 1. The van der Waals surface area contributed by atoms with E-state index in [0.717, 1.165) is 12.8 Å². The molecule has 1 aromatic heterocycles. The SMILES string of the molecule is O=c1oc2ccccc2c(O)c1CC1CC1. The molecule has 3 rings (SSSR count). The highest BCUT2D eigenvalue weighted by atomic mass is 16.4. The van der Waals surface area contributed by atoms with Gasteiger partial charge in [0.2, 0.25) is 0 Å². The van der Waals surface area contributed by atoms with Crippen molar-refractivity contribution in [3.05, 3.63) is 40.2 Å². The van der Waals surface area contributed by atoms with Gasteiger partial charge in [0, 0.05) is 0 Å². The van der Waals surface area contributed by atoms with E-state index in [1.165, 1.54) is 0 Å². The maximum Gasteiger partial charge on any atom is 0.343 e. The van der Waals surface area contributed by atoms with Crippen molar-refractivity contribution in [2.45, 2.75) is 19.3 Å². The third-order valence-electron chi connectivity index (χ3n) is 3.07. The lowest BCUT2D eigenvalue weighted by molar-refractivity contribution is 0.454. The van der Waals surface area contributed by atoms with E-state index in [0.29, 0.717) is 28.9 Å². The van der Waals surface area contributed by atoms with E-state index in [9.17, 15) is 9.90 Å². The van der Waals surface area contributed by atoms with Gasteiger partial charge in [-0.1, -0.05) is 12.1 Å². The van der Waals surface area contributed by atoms with Crippen molar-refractivity contribution in [2.24, 2.45) is 5.92 Å². The Morgan fingerprint density at radius 3 is 2.81 bits per heavy atom. The molecule has 2 aromatic rings. The van der Waals surface area contributed by atoms with Gasteiger partial charge in [0.1, 0.15) is 11.3 Å². The average Bonchev–Trinajstić information content (AvgIpc) is 3.08. The molecule has 1 aliphatic rings. The average molecular weight is 216 g/mol. The van der Waals surface area contributed by atoms with E-state index in [4.69, 9.17) is 4.42 Å². The fourth-order valence-electron chi connectivity index (χ4n) is 1.96. The molecule has 0 saturated heterocycles. The van der Waals surface area contributed by atoms with Crippen LogP contribution in [0.2, 0.25) is 0 Å². The number of rotatable bonds is 2. The summed E-state index contributed by atoms with van der Waals surface area (Å²) in [5.41, 5.74) is 0.480. The van der Waals surface area contributed by atoms with E-state index >= 15 is 0 Å². The molecule has 0 bridgehead atoms. The molecule has 1 N–H and O–H groups in total. The summed E-state index contributed by atoms with van der Waals surface area (Å²) in [4.78, 5) is 11.7. The van der Waals surface area contributed by atoms with Crippen LogP contribution in [0.25, 0.3) is 11.0 Å². The maximum atomic E-state index is 11.7. The van der Waals surface area contributed by atoms with Crippen LogP contribution in [0.4, 0.5) is 0 Å². The molecule has 0 spiro atoms. The molecule has 0 radical (unpaired) electrons. The summed E-state index contributed by atoms with van der Waals surface area (Å²) in [5.74, 6) is 0.647. The lowest BCUT2D eigenvalue weighted by Crippen LogP contribution is -2.08. The second kappa shape index (κ2) is 3.37. The Morgan fingerprint density at radius 1 is 1.31 bits per heavy atom. The fourth-order valence-corrected chi connectivity index (χ4v) is 1.96. The fraction of sp³-hybridized carbons (Fsp3) is 0.308. The second-order valence-corrected chi connectivity index (χ2v) is 4.36. The Balaban J connectivity index is 2.23. The summed E-state index contributed by atoms with van der Waals surface area (Å²) in [7, 11) is 0. The first-order valence-corrected chi connectivity index (χ1v) is 5.49. The molecule has 0 atom stereocenters. The Bertz CT molecular complexity index is 594. The van der Waals surface area contributed by atoms with Crippen molar-refractivity contribution in [1.82, 2.24) is 0 Å². The van der Waals surface area contributed by atoms with Gasteiger partial charge in [-0.25, -0.2) is 4.79 Å². The summed E-state index contributed by atoms with van der Waals surface area (Å²) in [5, 5.41) is 10.7. The smallest absolute Gasteiger partial charge is 0.343 e. The van der Waals surface area contributed by atoms with E-state index < -0.39 is 5.63 Å². The Hall–Kier alpha value is -1.77. The van der Waals surface area contributed by atoms with Crippen LogP contribution in [0.5, 0.6) is 5.75 Å². The van der Waals surface area contributed by atoms with Crippen molar-refractivity contribution < 1.29 is 9.52 Å². The molecule has 1 fully saturated rings. The van der Waals surface area contributed by atoms with Crippen LogP contribution < -0.4 is 5.63 Å². The zero-order chi connectivity index (χ0) is 11.1. The lowest BCUT2D eigenvalue weighted by atomic mass is 10.1. The molecular formula is C13H12O3. The van der Waals surface area contributed by atoms with E-state index in [-0.39, 0.29) is 5.75 Å². The van der Waals surface area contributed by atoms with Gasteiger partial charge in [-0.15, -0.1) is 0 Å². The van der Waals surface area contributed by atoms with Gasteiger partial charge in [0.25, 0.3) is 0 Å². The molecule has 0 amide bonds. The topological polar surface area (TPSA) is 50.4 Å². The third kappa shape index (κ3) is 1.48. The number of benzene rings is 1. The van der Waals surface area contributed by atoms with Crippen molar-refractivity contribution in [3.63, 3.8) is 0 Å². The number of hydrogen-bond acceptors (Lipinski definition) is 3. The number of hydrogen-bond donors (Lipinski definition) is 1. The van der Waals surface area contributed by atoms with Gasteiger partial charge >= 0.3 is 5.63 Å². The van der Waals surface area contributed by atoms with Crippen LogP contribution in [-0.2, 0) is 6.42 Å². The predicted molar refractivity (Wildman–Crippen MR) is 60.6 cm³/mol. The van der Waals surface area contributed by atoms with Crippen LogP contribution in [0.3, 0.4) is 0 Å². The molecule has 1 aliphatic carbocycles. The van der Waals surface area contributed by atoms with Crippen LogP contribution in [0, 0.1) is 5.92 Å². The van der Waals surface area contributed by atoms with Crippen molar-refractivity contribution in [2.75, 3.05) is 0 Å². The van der Waals surface area contributed by atoms with Crippen molar-refractivity contribution >= 4 is 11.0 Å². The van der Waals surface area contributed by atoms with Crippen molar-refractivity contribution in [3.8, 4) is 5.75 Å². The van der Waals surface area contributed by atoms with Gasteiger partial charge in [0.15, 0.2) is 0 Å². The monoisotopic (exact) mass is 216 g/mol. The highest BCUT2D eigenvalue weighted by Crippen LogP contribution is 2.35. The molecule has 1 heterocycles. The predicted octanol–water partition coefficient (Wildman–Crippen LogP) is 2.45. The molecule has 0 aliphatic heterocycles. The van der Waals surface area contributed by atoms with Gasteiger partial charge in [-0.05, 0) is 37.3 Å². The minimum Gasteiger partial charge on any atom is -0.507 e. The van der Waals surface area contributed by atoms with Gasteiger partial charge in [0.05, 0.1) is 10.9 Å². The first-order valence-electron chi connectivity index (χ1n) is 5.49. The molecule has 3 heteroatoms. The zero-order valence-corrected chi connectivity index (χ0v) is 8.77. The largest absolute Gasteiger partial charge is 0.507 e. The minimum atomic E-state index is -0.400. The standard InChI is InChI=1S/C13H12O3/c14-12-9-3-1-2-4-11(9)16-13(15)10(12)7-8-5-6-8/h1-4,8,14H,5-7H2. The molecule has 3 nitrogen and oxygen atoms in total. The normalized spacial score (nSPS) is 15.5. The highest BCUT2D eigenvalue weighted by Gasteiger charge is 2.25. The number of fused-ring (bicyclic) bond motifs is 1. The molecule has 16 heavy (non-hydrogen) atoms. The summed E-state index contributed by atoms with van der Waals surface area (Å²) in [6.07, 6.45) is 2.93. The second-order valence-electron chi connectivity index (χ2n) is 4.36. The van der Waals surface area contributed by atoms with Crippen LogP contribution in [-0.4, -0.2) is 5.11 Å². The van der Waals surface area contributed by atoms with Gasteiger partial charge in [-0.3, -0.25) is 0 Å². The molecule has 1 aromatic carbocycles. The number of aromatic hydroxyl groups is 1. The Kier molecular flexibility index (Phi) is 1.99. The zero-order valence-electron chi connectivity index (χ0n) is 8.77. The van der Waals surface area contributed by atoms with E-state index in [1.54, 1.807) is 18.2 Å². The third-order valence-corrected chi connectivity index (χ3v) is 3.07. The first-order chi connectivity index (χ1) is 7.75. The molecule has 0 unspecified atom stereocenters. The Labute approximate surface area is 92.3 Å². The van der Waals surface area contributed by atoms with Crippen LogP contribution in [0.1, 0.15) is 18.4 Å². The van der Waals surface area contributed by atoms with E-state index in [1.807, 2.05) is 6.07 Å². The molecule has 82 valence electrons. The molecule has 1 saturated carbocycles. The highest BCUT2D eigenvalue weighted by molar-refractivity contribution is 5.83. The summed E-state index contributed by atoms with van der Waals surface area (Å²) in [6, 6.07) is 7.07. The van der Waals surface area contributed by atoms with Crippen LogP contribution in [0.15, 0.2) is 33.5 Å². The van der Waals surface area contributed by atoms with Crippen molar-refractivity contribution in [1.29, 1.82) is 0 Å². The minimum absolute atomic E-state index is 0.0961.